The number of amides is 1. The van der Waals surface area contributed by atoms with Crippen molar-refractivity contribution in [2.45, 2.75) is 17.9 Å². The molecule has 1 amide bonds. The Bertz CT molecular complexity index is 1400. The number of benzene rings is 2. The summed E-state index contributed by atoms with van der Waals surface area (Å²) in [6, 6.07) is 11.7. The number of hydrogen-bond acceptors (Lipinski definition) is 7. The molecule has 0 saturated carbocycles. The molecule has 5 rings (SSSR count). The summed E-state index contributed by atoms with van der Waals surface area (Å²) in [6.45, 7) is 1.66. The number of sulfonamides is 1. The van der Waals surface area contributed by atoms with Crippen LogP contribution in [0.1, 0.15) is 6.42 Å². The van der Waals surface area contributed by atoms with Crippen molar-refractivity contribution in [2.24, 2.45) is 0 Å². The summed E-state index contributed by atoms with van der Waals surface area (Å²) < 4.78 is 40.3. The lowest BCUT2D eigenvalue weighted by molar-refractivity contribution is -0.133. The average molecular weight is 485 g/mol. The number of hydrogen-bond donors (Lipinski definition) is 0. The minimum atomic E-state index is -3.75. The Labute approximate surface area is 196 Å². The van der Waals surface area contributed by atoms with Crippen molar-refractivity contribution in [2.75, 3.05) is 39.4 Å². The number of fused-ring (bicyclic) bond motifs is 2. The molecule has 0 radical (unpaired) electrons. The molecule has 0 spiro atoms. The van der Waals surface area contributed by atoms with E-state index in [0.717, 1.165) is 6.42 Å². The predicted molar refractivity (Wildman–Crippen MR) is 123 cm³/mol. The van der Waals surface area contributed by atoms with Gasteiger partial charge in [0.05, 0.1) is 35.3 Å². The van der Waals surface area contributed by atoms with Gasteiger partial charge in [-0.3, -0.25) is 14.2 Å². The topological polar surface area (TPSA) is 111 Å². The third kappa shape index (κ3) is 4.24. The Hall–Kier alpha value is -3.44. The number of carbonyl (C=O) groups is 1. The van der Waals surface area contributed by atoms with Gasteiger partial charge in [-0.05, 0) is 24.3 Å². The van der Waals surface area contributed by atoms with Crippen molar-refractivity contribution in [3.63, 3.8) is 0 Å². The fourth-order valence-corrected chi connectivity index (χ4v) is 5.58. The lowest BCUT2D eigenvalue weighted by Crippen LogP contribution is -2.51. The van der Waals surface area contributed by atoms with E-state index in [9.17, 15) is 18.0 Å². The van der Waals surface area contributed by atoms with E-state index in [1.807, 2.05) is 6.07 Å². The zero-order chi connectivity index (χ0) is 23.7. The summed E-state index contributed by atoms with van der Waals surface area (Å²) in [6.07, 6.45) is 1.93. The van der Waals surface area contributed by atoms with Crippen molar-refractivity contribution in [1.82, 2.24) is 18.8 Å². The molecule has 1 fully saturated rings. The first-order valence-corrected chi connectivity index (χ1v) is 12.5. The molecular formula is C23H24N4O6S. The highest BCUT2D eigenvalue weighted by Crippen LogP contribution is 2.33. The Kier molecular flexibility index (Phi) is 5.96. The monoisotopic (exact) mass is 484 g/mol. The lowest BCUT2D eigenvalue weighted by atomic mass is 10.3. The molecule has 0 aliphatic carbocycles. The summed E-state index contributed by atoms with van der Waals surface area (Å²) in [5, 5.41) is 0. The molecule has 178 valence electrons. The average Bonchev–Trinajstić information content (AvgIpc) is 3.11. The largest absolute Gasteiger partial charge is 0.490 e. The summed E-state index contributed by atoms with van der Waals surface area (Å²) in [5.74, 6) is 0.708. The van der Waals surface area contributed by atoms with Crippen molar-refractivity contribution in [1.29, 1.82) is 0 Å². The highest BCUT2D eigenvalue weighted by atomic mass is 32.2. The van der Waals surface area contributed by atoms with Crippen LogP contribution in [-0.2, 0) is 21.4 Å². The number of para-hydroxylation sites is 2. The second-order valence-corrected chi connectivity index (χ2v) is 10.1. The van der Waals surface area contributed by atoms with Crippen LogP contribution in [0.15, 0.2) is 58.4 Å². The summed E-state index contributed by atoms with van der Waals surface area (Å²) in [5.41, 5.74) is 0.850. The van der Waals surface area contributed by atoms with Gasteiger partial charge in [0.2, 0.25) is 15.9 Å². The first-order chi connectivity index (χ1) is 16.4. The molecule has 0 atom stereocenters. The van der Waals surface area contributed by atoms with Crippen LogP contribution >= 0.6 is 0 Å². The molecule has 34 heavy (non-hydrogen) atoms. The van der Waals surface area contributed by atoms with Gasteiger partial charge in [-0.1, -0.05) is 12.1 Å². The normalized spacial score (nSPS) is 16.9. The zero-order valence-corrected chi connectivity index (χ0v) is 19.2. The molecule has 11 heteroatoms. The minimum Gasteiger partial charge on any atom is -0.490 e. The lowest BCUT2D eigenvalue weighted by Gasteiger charge is -2.34. The maximum absolute atomic E-state index is 13.2. The number of aromatic nitrogens is 2. The third-order valence-corrected chi connectivity index (χ3v) is 7.89. The van der Waals surface area contributed by atoms with Crippen molar-refractivity contribution in [3.8, 4) is 11.5 Å². The van der Waals surface area contributed by atoms with Crippen LogP contribution in [0.4, 0.5) is 0 Å². The van der Waals surface area contributed by atoms with Crippen LogP contribution in [0, 0.1) is 0 Å². The zero-order valence-electron chi connectivity index (χ0n) is 18.4. The third-order valence-electron chi connectivity index (χ3n) is 5.99. The highest BCUT2D eigenvalue weighted by Gasteiger charge is 2.31. The molecule has 1 aromatic heterocycles. The van der Waals surface area contributed by atoms with Crippen LogP contribution in [0.5, 0.6) is 11.5 Å². The predicted octanol–water partition coefficient (Wildman–Crippen LogP) is 1.09. The van der Waals surface area contributed by atoms with Gasteiger partial charge in [-0.2, -0.15) is 4.31 Å². The molecule has 1 saturated heterocycles. The van der Waals surface area contributed by atoms with Gasteiger partial charge in [-0.25, -0.2) is 13.4 Å². The molecule has 2 aliphatic rings. The Morgan fingerprint density at radius 2 is 1.71 bits per heavy atom. The number of piperazine rings is 1. The van der Waals surface area contributed by atoms with Crippen molar-refractivity contribution >= 4 is 27.0 Å². The number of carbonyl (C=O) groups excluding carboxylic acids is 1. The van der Waals surface area contributed by atoms with E-state index in [2.05, 4.69) is 4.98 Å². The van der Waals surface area contributed by atoms with Gasteiger partial charge in [0.25, 0.3) is 5.56 Å². The van der Waals surface area contributed by atoms with E-state index in [-0.39, 0.29) is 49.1 Å². The second kappa shape index (κ2) is 9.07. The summed E-state index contributed by atoms with van der Waals surface area (Å²) in [7, 11) is -3.75. The molecular weight excluding hydrogens is 460 g/mol. The van der Waals surface area contributed by atoms with Gasteiger partial charge < -0.3 is 14.4 Å². The van der Waals surface area contributed by atoms with Crippen LogP contribution in [0.25, 0.3) is 11.0 Å². The van der Waals surface area contributed by atoms with E-state index in [1.54, 1.807) is 29.2 Å². The number of ether oxygens (including phenoxy) is 2. The van der Waals surface area contributed by atoms with Crippen molar-refractivity contribution in [3.05, 3.63) is 59.0 Å². The molecule has 3 heterocycles. The maximum atomic E-state index is 13.2. The van der Waals surface area contributed by atoms with Gasteiger partial charge in [-0.15, -0.1) is 0 Å². The minimum absolute atomic E-state index is 0.128. The second-order valence-electron chi connectivity index (χ2n) is 8.12. The van der Waals surface area contributed by atoms with Gasteiger partial charge in [0.15, 0.2) is 11.5 Å². The fraction of sp³-hybridized carbons (Fsp3) is 0.348. The first-order valence-electron chi connectivity index (χ1n) is 11.1. The Morgan fingerprint density at radius 3 is 2.50 bits per heavy atom. The molecule has 0 N–H and O–H groups in total. The standard InChI is InChI=1S/C23H24N4O6S/c28-22-15-24-18-4-1-2-5-19(18)27(22)16-23(29)25-8-10-26(11-9-25)34(30,31)17-6-7-20-21(14-17)33-13-3-12-32-20/h1-2,4-7,14-15H,3,8-13,16H2. The quantitative estimate of drug-likeness (QED) is 0.545. The van der Waals surface area contributed by atoms with E-state index in [1.165, 1.54) is 27.2 Å². The number of nitrogens with zero attached hydrogens (tertiary/aromatic N) is 4. The Balaban J connectivity index is 1.28. The van der Waals surface area contributed by atoms with Gasteiger partial charge in [0.1, 0.15) is 6.54 Å². The fourth-order valence-electron chi connectivity index (χ4n) is 4.14. The van der Waals surface area contributed by atoms with Gasteiger partial charge in [0, 0.05) is 38.7 Å². The molecule has 3 aromatic rings. The smallest absolute Gasteiger partial charge is 0.269 e. The van der Waals surface area contributed by atoms with E-state index >= 15 is 0 Å². The van der Waals surface area contributed by atoms with E-state index in [4.69, 9.17) is 9.47 Å². The Morgan fingerprint density at radius 1 is 0.971 bits per heavy atom. The van der Waals surface area contributed by atoms with Crippen LogP contribution in [0.2, 0.25) is 0 Å². The summed E-state index contributed by atoms with van der Waals surface area (Å²) >= 11 is 0. The van der Waals surface area contributed by atoms with Crippen LogP contribution in [0.3, 0.4) is 0 Å². The molecule has 0 bridgehead atoms. The highest BCUT2D eigenvalue weighted by molar-refractivity contribution is 7.89. The first kappa shape index (κ1) is 22.4. The van der Waals surface area contributed by atoms with E-state index < -0.39 is 10.0 Å². The molecule has 2 aromatic carbocycles. The molecule has 10 nitrogen and oxygen atoms in total. The van der Waals surface area contributed by atoms with Gasteiger partial charge >= 0.3 is 0 Å². The van der Waals surface area contributed by atoms with Crippen LogP contribution < -0.4 is 15.0 Å². The summed E-state index contributed by atoms with van der Waals surface area (Å²) in [4.78, 5) is 31.1. The number of rotatable bonds is 4. The maximum Gasteiger partial charge on any atom is 0.269 e. The van der Waals surface area contributed by atoms with Crippen molar-refractivity contribution < 1.29 is 22.7 Å². The molecule has 0 unspecified atom stereocenters. The van der Waals surface area contributed by atoms with E-state index in [0.29, 0.717) is 35.7 Å². The SMILES string of the molecule is O=C(Cn1c(=O)cnc2ccccc21)N1CCN(S(=O)(=O)c2ccc3c(c2)OCCCO3)CC1. The molecule has 2 aliphatic heterocycles. The van der Waals surface area contributed by atoms with Crippen LogP contribution in [-0.4, -0.2) is 72.5 Å².